The number of rotatable bonds is 0. The first kappa shape index (κ1) is 6.79. The lowest BCUT2D eigenvalue weighted by atomic mass is 10.3. The Morgan fingerprint density at radius 2 is 2.00 bits per heavy atom. The number of hydrogen-bond acceptors (Lipinski definition) is 6. The van der Waals surface area contributed by atoms with Gasteiger partial charge < -0.3 is 0 Å². The Morgan fingerprint density at radius 1 is 1.08 bits per heavy atom. The lowest BCUT2D eigenvalue weighted by Gasteiger charge is -1.92. The fourth-order valence-electron chi connectivity index (χ4n) is 1.20. The predicted molar refractivity (Wildman–Crippen MR) is 48.3 cm³/mol. The molecule has 1 aromatic carbocycles. The molecule has 0 radical (unpaired) electrons. The second-order valence-electron chi connectivity index (χ2n) is 2.51. The summed E-state index contributed by atoms with van der Waals surface area (Å²) in [6, 6.07) is 3.75. The van der Waals surface area contributed by atoms with Gasteiger partial charge in [0.1, 0.15) is 22.1 Å². The molecule has 6 heteroatoms. The third-order valence-electron chi connectivity index (χ3n) is 1.77. The van der Waals surface area contributed by atoms with Crippen molar-refractivity contribution in [2.75, 3.05) is 0 Å². The molecule has 0 atom stereocenters. The summed E-state index contributed by atoms with van der Waals surface area (Å²) in [5.74, 6) is 0. The molecule has 0 fully saturated rings. The van der Waals surface area contributed by atoms with Gasteiger partial charge in [0.2, 0.25) is 0 Å². The SMILES string of the molecule is c1nsc2c(ccc3nnnc32)n1. The second kappa shape index (κ2) is 2.40. The molecule has 0 amide bonds. The molecule has 13 heavy (non-hydrogen) atoms. The van der Waals surface area contributed by atoms with E-state index in [2.05, 4.69) is 24.8 Å². The Morgan fingerprint density at radius 3 is 3.00 bits per heavy atom. The van der Waals surface area contributed by atoms with E-state index in [-0.39, 0.29) is 0 Å². The van der Waals surface area contributed by atoms with Crippen LogP contribution in [0.5, 0.6) is 0 Å². The quantitative estimate of drug-likeness (QED) is 0.528. The van der Waals surface area contributed by atoms with Crippen molar-refractivity contribution in [3.63, 3.8) is 0 Å². The van der Waals surface area contributed by atoms with Crippen LogP contribution < -0.4 is 0 Å². The summed E-state index contributed by atoms with van der Waals surface area (Å²) in [6.45, 7) is 0. The first-order valence-electron chi connectivity index (χ1n) is 3.63. The monoisotopic (exact) mass is 189 g/mol. The highest BCUT2D eigenvalue weighted by atomic mass is 32.1. The normalized spacial score (nSPS) is 11.1. The van der Waals surface area contributed by atoms with Crippen molar-refractivity contribution >= 4 is 32.8 Å². The Bertz CT molecular complexity index is 575. The van der Waals surface area contributed by atoms with Gasteiger partial charge in [0.25, 0.3) is 0 Å². The zero-order valence-electron chi connectivity index (χ0n) is 6.38. The van der Waals surface area contributed by atoms with Crippen molar-refractivity contribution in [1.82, 2.24) is 24.8 Å². The zero-order valence-corrected chi connectivity index (χ0v) is 7.19. The largest absolute Gasteiger partial charge is 0.234 e. The van der Waals surface area contributed by atoms with Crippen molar-refractivity contribution in [1.29, 1.82) is 0 Å². The summed E-state index contributed by atoms with van der Waals surface area (Å²) in [5, 5.41) is 11.4. The maximum absolute atomic E-state index is 4.11. The molecule has 5 nitrogen and oxygen atoms in total. The molecule has 3 rings (SSSR count). The predicted octanol–water partition coefficient (Wildman–Crippen LogP) is 1.03. The van der Waals surface area contributed by atoms with Crippen LogP contribution in [0.25, 0.3) is 21.3 Å². The lowest BCUT2D eigenvalue weighted by molar-refractivity contribution is 0.960. The van der Waals surface area contributed by atoms with Crippen molar-refractivity contribution in [3.05, 3.63) is 18.5 Å². The van der Waals surface area contributed by atoms with Crippen LogP contribution in [0.3, 0.4) is 0 Å². The van der Waals surface area contributed by atoms with Gasteiger partial charge in [-0.05, 0) is 28.9 Å². The first-order valence-corrected chi connectivity index (χ1v) is 4.41. The highest BCUT2D eigenvalue weighted by molar-refractivity contribution is 7.13. The van der Waals surface area contributed by atoms with Gasteiger partial charge >= 0.3 is 0 Å². The van der Waals surface area contributed by atoms with E-state index in [1.165, 1.54) is 17.9 Å². The molecule has 0 aliphatic carbocycles. The minimum absolute atomic E-state index is 0.781. The van der Waals surface area contributed by atoms with E-state index in [1.807, 2.05) is 12.1 Å². The molecule has 0 saturated carbocycles. The van der Waals surface area contributed by atoms with Gasteiger partial charge in [0.15, 0.2) is 0 Å². The average Bonchev–Trinajstić information content (AvgIpc) is 2.65. The minimum atomic E-state index is 0.781. The van der Waals surface area contributed by atoms with Crippen LogP contribution in [0.15, 0.2) is 18.5 Å². The third-order valence-corrected chi connectivity index (χ3v) is 2.56. The number of aromatic nitrogens is 5. The number of fused-ring (bicyclic) bond motifs is 3. The standard InChI is InChI=1S/C7H3N5S/c1-2-5-7(13-9-3-8-5)6-4(1)10-12-11-6/h1-3H. The maximum Gasteiger partial charge on any atom is 0.136 e. The fourth-order valence-corrected chi connectivity index (χ4v) is 1.84. The summed E-state index contributed by atoms with van der Waals surface area (Å²) >= 11 is 1.36. The van der Waals surface area contributed by atoms with E-state index >= 15 is 0 Å². The lowest BCUT2D eigenvalue weighted by Crippen LogP contribution is -1.78. The number of benzene rings is 1. The van der Waals surface area contributed by atoms with Gasteiger partial charge in [-0.15, -0.1) is 10.2 Å². The van der Waals surface area contributed by atoms with Crippen molar-refractivity contribution in [3.8, 4) is 0 Å². The van der Waals surface area contributed by atoms with Crippen LogP contribution in [-0.4, -0.2) is 24.8 Å². The molecular formula is C7H3N5S. The van der Waals surface area contributed by atoms with Gasteiger partial charge in [-0.3, -0.25) is 0 Å². The zero-order chi connectivity index (χ0) is 8.67. The molecule has 0 aliphatic rings. The fraction of sp³-hybridized carbons (Fsp3) is 0. The van der Waals surface area contributed by atoms with Crippen LogP contribution >= 0.6 is 11.5 Å². The molecular weight excluding hydrogens is 186 g/mol. The topological polar surface area (TPSA) is 64.5 Å². The Hall–Kier alpha value is -1.69. The van der Waals surface area contributed by atoms with Crippen molar-refractivity contribution in [2.45, 2.75) is 0 Å². The Balaban J connectivity index is 2.65. The van der Waals surface area contributed by atoms with Crippen molar-refractivity contribution in [2.24, 2.45) is 0 Å². The van der Waals surface area contributed by atoms with E-state index in [1.54, 1.807) is 0 Å². The molecule has 62 valence electrons. The van der Waals surface area contributed by atoms with Crippen LogP contribution in [0.1, 0.15) is 0 Å². The maximum atomic E-state index is 4.11. The van der Waals surface area contributed by atoms with E-state index in [0.29, 0.717) is 0 Å². The Labute approximate surface area is 76.6 Å². The summed E-state index contributed by atoms with van der Waals surface area (Å²) < 4.78 is 4.91. The van der Waals surface area contributed by atoms with Crippen LogP contribution in [0.2, 0.25) is 0 Å². The van der Waals surface area contributed by atoms with Gasteiger partial charge in [-0.25, -0.2) is 4.98 Å². The molecule has 0 bridgehead atoms. The van der Waals surface area contributed by atoms with Gasteiger partial charge in [0.05, 0.1) is 5.52 Å². The molecule has 0 spiro atoms. The summed E-state index contributed by atoms with van der Waals surface area (Å²) in [4.78, 5) is 4.11. The highest BCUT2D eigenvalue weighted by Crippen LogP contribution is 2.21. The van der Waals surface area contributed by atoms with Crippen LogP contribution in [0.4, 0.5) is 0 Å². The summed E-state index contributed by atoms with van der Waals surface area (Å²) in [5.41, 5.74) is 2.46. The molecule has 2 heterocycles. The van der Waals surface area contributed by atoms with Gasteiger partial charge in [0, 0.05) is 0 Å². The van der Waals surface area contributed by atoms with E-state index < -0.39 is 0 Å². The van der Waals surface area contributed by atoms with Gasteiger partial charge in [-0.1, -0.05) is 0 Å². The van der Waals surface area contributed by atoms with E-state index in [4.69, 9.17) is 0 Å². The number of nitrogens with zero attached hydrogens (tertiary/aromatic N) is 5. The molecule has 2 aromatic heterocycles. The second-order valence-corrected chi connectivity index (χ2v) is 3.31. The van der Waals surface area contributed by atoms with Gasteiger partial charge in [-0.2, -0.15) is 4.37 Å². The molecule has 0 aliphatic heterocycles. The minimum Gasteiger partial charge on any atom is -0.234 e. The summed E-state index contributed by atoms with van der Waals surface area (Å²) in [6.07, 6.45) is 1.53. The Kier molecular flexibility index (Phi) is 1.25. The first-order chi connectivity index (χ1) is 6.45. The number of hydrogen-bond donors (Lipinski definition) is 0. The molecule has 0 N–H and O–H groups in total. The van der Waals surface area contributed by atoms with E-state index in [9.17, 15) is 0 Å². The third kappa shape index (κ3) is 0.888. The molecule has 3 aromatic rings. The van der Waals surface area contributed by atoms with E-state index in [0.717, 1.165) is 21.3 Å². The van der Waals surface area contributed by atoms with Crippen molar-refractivity contribution < 1.29 is 0 Å². The smallest absolute Gasteiger partial charge is 0.136 e. The van der Waals surface area contributed by atoms with Crippen LogP contribution in [-0.2, 0) is 0 Å². The highest BCUT2D eigenvalue weighted by Gasteiger charge is 2.05. The molecule has 0 unspecified atom stereocenters. The van der Waals surface area contributed by atoms with Crippen LogP contribution in [0, 0.1) is 0 Å². The average molecular weight is 189 g/mol. The summed E-state index contributed by atoms with van der Waals surface area (Å²) in [7, 11) is 0. The molecule has 0 saturated heterocycles.